The van der Waals surface area contributed by atoms with Crippen molar-refractivity contribution in [1.82, 2.24) is 0 Å². The van der Waals surface area contributed by atoms with Crippen molar-refractivity contribution in [3.05, 3.63) is 12.2 Å². The average molecular weight is 304 g/mol. The van der Waals surface area contributed by atoms with Gasteiger partial charge >= 0.3 is 0 Å². The third kappa shape index (κ3) is 1.80. The summed E-state index contributed by atoms with van der Waals surface area (Å²) in [7, 11) is 0. The molecule has 0 aromatic heterocycles. The molecule has 22 heavy (non-hydrogen) atoms. The zero-order valence-corrected chi connectivity index (χ0v) is 14.4. The van der Waals surface area contributed by atoms with Gasteiger partial charge in [-0.05, 0) is 86.4 Å². The van der Waals surface area contributed by atoms with Gasteiger partial charge in [-0.25, -0.2) is 0 Å². The van der Waals surface area contributed by atoms with Gasteiger partial charge in [0.05, 0.1) is 11.7 Å². The van der Waals surface area contributed by atoms with Crippen LogP contribution in [0.15, 0.2) is 12.2 Å². The Morgan fingerprint density at radius 3 is 2.45 bits per heavy atom. The van der Waals surface area contributed by atoms with Gasteiger partial charge in [0.25, 0.3) is 0 Å². The fourth-order valence-electron chi connectivity index (χ4n) is 7.03. The van der Waals surface area contributed by atoms with E-state index >= 15 is 0 Å². The molecular weight excluding hydrogens is 272 g/mol. The molecule has 8 atom stereocenters. The number of allylic oxidation sites excluding steroid dienone is 1. The highest BCUT2D eigenvalue weighted by Crippen LogP contribution is 2.67. The standard InChI is InChI=1S/C20H32O2/c1-18-9-6-14(21)12-13(18)4-5-15-16(18)7-10-19(2)17(15)8-11-20(19,3)22/h6,9,13-17,21-22H,4-5,7-8,10-12H2,1-3H3/t13?,14-,15+,16-,17-,18-,19-,20-/m0/s1. The molecule has 2 heteroatoms. The van der Waals surface area contributed by atoms with E-state index < -0.39 is 5.60 Å². The largest absolute Gasteiger partial charge is 0.390 e. The van der Waals surface area contributed by atoms with E-state index in [0.717, 1.165) is 24.7 Å². The lowest BCUT2D eigenvalue weighted by Crippen LogP contribution is -2.55. The third-order valence-corrected chi connectivity index (χ3v) is 8.73. The van der Waals surface area contributed by atoms with E-state index in [9.17, 15) is 10.2 Å². The third-order valence-electron chi connectivity index (χ3n) is 8.73. The first-order valence-corrected chi connectivity index (χ1v) is 9.38. The first-order chi connectivity index (χ1) is 10.3. The molecule has 0 radical (unpaired) electrons. The summed E-state index contributed by atoms with van der Waals surface area (Å²) < 4.78 is 0. The minimum Gasteiger partial charge on any atom is -0.390 e. The van der Waals surface area contributed by atoms with Gasteiger partial charge in [-0.3, -0.25) is 0 Å². The second-order valence-electron chi connectivity index (χ2n) is 9.45. The van der Waals surface area contributed by atoms with Gasteiger partial charge in [-0.15, -0.1) is 0 Å². The Bertz CT molecular complexity index is 496. The van der Waals surface area contributed by atoms with Crippen molar-refractivity contribution in [1.29, 1.82) is 0 Å². The zero-order chi connectivity index (χ0) is 15.8. The summed E-state index contributed by atoms with van der Waals surface area (Å²) in [6.45, 7) is 6.89. The van der Waals surface area contributed by atoms with Crippen molar-refractivity contribution >= 4 is 0 Å². The maximum Gasteiger partial charge on any atom is 0.0724 e. The Morgan fingerprint density at radius 2 is 1.68 bits per heavy atom. The molecule has 2 N–H and O–H groups in total. The molecule has 124 valence electrons. The van der Waals surface area contributed by atoms with Gasteiger partial charge in [0.15, 0.2) is 0 Å². The summed E-state index contributed by atoms with van der Waals surface area (Å²) >= 11 is 0. The fraction of sp³-hybridized carbons (Fsp3) is 0.900. The molecule has 0 heterocycles. The number of aliphatic hydroxyl groups excluding tert-OH is 1. The fourth-order valence-corrected chi connectivity index (χ4v) is 7.03. The minimum absolute atomic E-state index is 0.120. The quantitative estimate of drug-likeness (QED) is 0.666. The summed E-state index contributed by atoms with van der Waals surface area (Å²) in [6.07, 6.45) is 12.3. The summed E-state index contributed by atoms with van der Waals surface area (Å²) in [6, 6.07) is 0. The molecule has 1 unspecified atom stereocenters. The lowest BCUT2D eigenvalue weighted by molar-refractivity contribution is -0.131. The molecule has 0 spiro atoms. The predicted octanol–water partition coefficient (Wildman–Crippen LogP) is 3.92. The van der Waals surface area contributed by atoms with Crippen LogP contribution in [0, 0.1) is 34.5 Å². The highest BCUT2D eigenvalue weighted by molar-refractivity contribution is 5.18. The number of fused-ring (bicyclic) bond motifs is 5. The van der Waals surface area contributed by atoms with Crippen molar-refractivity contribution in [2.24, 2.45) is 34.5 Å². The van der Waals surface area contributed by atoms with Crippen LogP contribution in [0.1, 0.15) is 65.7 Å². The molecule has 0 aromatic rings. The molecular formula is C20H32O2. The molecule has 0 saturated heterocycles. The Balaban J connectivity index is 1.68. The van der Waals surface area contributed by atoms with Gasteiger partial charge in [0, 0.05) is 0 Å². The van der Waals surface area contributed by atoms with E-state index in [1.165, 1.54) is 32.1 Å². The van der Waals surface area contributed by atoms with E-state index in [-0.39, 0.29) is 16.9 Å². The number of hydrogen-bond acceptors (Lipinski definition) is 2. The lowest BCUT2D eigenvalue weighted by atomic mass is 9.45. The summed E-state index contributed by atoms with van der Waals surface area (Å²) in [5.74, 6) is 2.87. The maximum absolute atomic E-state index is 10.9. The Kier molecular flexibility index (Phi) is 3.18. The SMILES string of the molecule is C[C@]12C=C[C@H](O)CC1CC[C@@H]1[C@@H]2CC[C@@]2(C)[C@H]1CC[C@]2(C)O. The van der Waals surface area contributed by atoms with Crippen molar-refractivity contribution < 1.29 is 10.2 Å². The van der Waals surface area contributed by atoms with Crippen LogP contribution < -0.4 is 0 Å². The van der Waals surface area contributed by atoms with Crippen LogP contribution in [0.5, 0.6) is 0 Å². The molecule has 4 rings (SSSR count). The number of rotatable bonds is 0. The van der Waals surface area contributed by atoms with Crippen LogP contribution in [0.3, 0.4) is 0 Å². The molecule has 3 saturated carbocycles. The molecule has 0 aliphatic heterocycles. The second-order valence-corrected chi connectivity index (χ2v) is 9.45. The molecule has 2 nitrogen and oxygen atoms in total. The zero-order valence-electron chi connectivity index (χ0n) is 14.4. The van der Waals surface area contributed by atoms with Crippen LogP contribution in [0.25, 0.3) is 0 Å². The van der Waals surface area contributed by atoms with Crippen molar-refractivity contribution in [3.8, 4) is 0 Å². The molecule has 0 amide bonds. The molecule has 0 bridgehead atoms. The van der Waals surface area contributed by atoms with Crippen LogP contribution in [-0.2, 0) is 0 Å². The van der Waals surface area contributed by atoms with Crippen molar-refractivity contribution in [3.63, 3.8) is 0 Å². The van der Waals surface area contributed by atoms with Crippen LogP contribution in [0.4, 0.5) is 0 Å². The number of aliphatic hydroxyl groups is 2. The Morgan fingerprint density at radius 1 is 0.955 bits per heavy atom. The van der Waals surface area contributed by atoms with Gasteiger partial charge in [-0.2, -0.15) is 0 Å². The molecule has 3 fully saturated rings. The number of hydrogen-bond donors (Lipinski definition) is 2. The normalized spacial score (nSPS) is 60.5. The van der Waals surface area contributed by atoms with E-state index in [1.54, 1.807) is 0 Å². The van der Waals surface area contributed by atoms with E-state index in [0.29, 0.717) is 11.8 Å². The first kappa shape index (κ1) is 15.2. The molecule has 4 aliphatic rings. The van der Waals surface area contributed by atoms with Gasteiger partial charge in [0.2, 0.25) is 0 Å². The minimum atomic E-state index is -0.473. The van der Waals surface area contributed by atoms with Gasteiger partial charge < -0.3 is 10.2 Å². The highest BCUT2D eigenvalue weighted by atomic mass is 16.3. The first-order valence-electron chi connectivity index (χ1n) is 9.38. The Hall–Kier alpha value is -0.340. The highest BCUT2D eigenvalue weighted by Gasteiger charge is 2.62. The van der Waals surface area contributed by atoms with E-state index in [4.69, 9.17) is 0 Å². The van der Waals surface area contributed by atoms with Crippen molar-refractivity contribution in [2.75, 3.05) is 0 Å². The van der Waals surface area contributed by atoms with Gasteiger partial charge in [0.1, 0.15) is 0 Å². The van der Waals surface area contributed by atoms with Crippen LogP contribution in [-0.4, -0.2) is 21.9 Å². The maximum atomic E-state index is 10.9. The summed E-state index contributed by atoms with van der Waals surface area (Å²) in [4.78, 5) is 0. The van der Waals surface area contributed by atoms with E-state index in [1.807, 2.05) is 0 Å². The lowest BCUT2D eigenvalue weighted by Gasteiger charge is -2.60. The van der Waals surface area contributed by atoms with Crippen molar-refractivity contribution in [2.45, 2.75) is 77.4 Å². The summed E-state index contributed by atoms with van der Waals surface area (Å²) in [5.41, 5.74) is -0.0772. The topological polar surface area (TPSA) is 40.5 Å². The van der Waals surface area contributed by atoms with Gasteiger partial charge in [-0.1, -0.05) is 26.0 Å². The van der Waals surface area contributed by atoms with E-state index in [2.05, 4.69) is 32.9 Å². The average Bonchev–Trinajstić information content (AvgIpc) is 2.70. The van der Waals surface area contributed by atoms with Crippen LogP contribution >= 0.6 is 0 Å². The summed E-state index contributed by atoms with van der Waals surface area (Å²) in [5, 5.41) is 20.9. The van der Waals surface area contributed by atoms with Crippen LogP contribution in [0.2, 0.25) is 0 Å². The molecule has 0 aromatic carbocycles. The Labute approximate surface area is 135 Å². The monoisotopic (exact) mass is 304 g/mol. The predicted molar refractivity (Wildman–Crippen MR) is 88.3 cm³/mol. The smallest absolute Gasteiger partial charge is 0.0724 e. The molecule has 4 aliphatic carbocycles. The second kappa shape index (κ2) is 4.60.